The highest BCUT2D eigenvalue weighted by atomic mass is 35.5. The quantitative estimate of drug-likeness (QED) is 0.538. The lowest BCUT2D eigenvalue weighted by atomic mass is 10.1. The Hall–Kier alpha value is -2.84. The molecule has 1 unspecified atom stereocenters. The zero-order chi connectivity index (χ0) is 22.7. The minimum atomic E-state index is -0.140. The summed E-state index contributed by atoms with van der Waals surface area (Å²) < 4.78 is 1.88. The Bertz CT molecular complexity index is 1110. The van der Waals surface area contributed by atoms with Crippen molar-refractivity contribution in [2.24, 2.45) is 7.05 Å². The van der Waals surface area contributed by atoms with Gasteiger partial charge in [0, 0.05) is 29.9 Å². The lowest BCUT2D eigenvalue weighted by molar-refractivity contribution is -0.113. The van der Waals surface area contributed by atoms with Crippen molar-refractivity contribution < 1.29 is 9.59 Å². The number of anilines is 1. The Morgan fingerprint density at radius 1 is 1.12 bits per heavy atom. The number of aromatic nitrogens is 3. The number of nitrogens with zero attached hydrogens (tertiary/aromatic N) is 4. The van der Waals surface area contributed by atoms with Crippen LogP contribution in [0.5, 0.6) is 0 Å². The molecule has 2 amide bonds. The van der Waals surface area contributed by atoms with Crippen molar-refractivity contribution in [1.29, 1.82) is 0 Å². The van der Waals surface area contributed by atoms with Crippen LogP contribution in [-0.2, 0) is 11.8 Å². The summed E-state index contributed by atoms with van der Waals surface area (Å²) in [6.07, 6.45) is 1.76. The smallest absolute Gasteiger partial charge is 0.254 e. The van der Waals surface area contributed by atoms with Crippen molar-refractivity contribution in [2.45, 2.75) is 31.0 Å². The number of carbonyl (C=O) groups is 2. The third-order valence-electron chi connectivity index (χ3n) is 5.44. The van der Waals surface area contributed by atoms with Gasteiger partial charge >= 0.3 is 0 Å². The SMILES string of the molecule is Cc1ccc(C(=O)N2CCCC2c2nnc(SCC(=O)Nc3ccc(Cl)cc3)n2C)cc1. The van der Waals surface area contributed by atoms with E-state index in [4.69, 9.17) is 11.6 Å². The van der Waals surface area contributed by atoms with Gasteiger partial charge in [0.15, 0.2) is 11.0 Å². The van der Waals surface area contributed by atoms with Gasteiger partial charge in [-0.15, -0.1) is 10.2 Å². The Morgan fingerprint density at radius 3 is 2.56 bits per heavy atom. The van der Waals surface area contributed by atoms with E-state index in [0.29, 0.717) is 28.0 Å². The molecule has 2 aromatic carbocycles. The average molecular weight is 470 g/mol. The molecule has 1 aliphatic heterocycles. The first kappa shape index (κ1) is 22.4. The predicted molar refractivity (Wildman–Crippen MR) is 126 cm³/mol. The molecule has 0 radical (unpaired) electrons. The molecule has 1 saturated heterocycles. The summed E-state index contributed by atoms with van der Waals surface area (Å²) >= 11 is 7.19. The van der Waals surface area contributed by atoms with Crippen LogP contribution in [0.2, 0.25) is 5.02 Å². The first-order valence-corrected chi connectivity index (χ1v) is 11.7. The van der Waals surface area contributed by atoms with Gasteiger partial charge in [0.1, 0.15) is 0 Å². The number of halogens is 1. The minimum Gasteiger partial charge on any atom is -0.328 e. The van der Waals surface area contributed by atoms with E-state index in [1.54, 1.807) is 24.3 Å². The summed E-state index contributed by atoms with van der Waals surface area (Å²) in [6.45, 7) is 2.69. The number of hydrogen-bond donors (Lipinski definition) is 1. The molecule has 1 N–H and O–H groups in total. The molecular weight excluding hydrogens is 446 g/mol. The van der Waals surface area contributed by atoms with Crippen LogP contribution in [-0.4, -0.2) is 43.8 Å². The highest BCUT2D eigenvalue weighted by Crippen LogP contribution is 2.33. The standard InChI is InChI=1S/C23H24ClN5O2S/c1-15-5-7-16(8-6-15)22(31)29-13-3-4-19(29)21-26-27-23(28(21)2)32-14-20(30)25-18-11-9-17(24)10-12-18/h5-12,19H,3-4,13-14H2,1-2H3,(H,25,30). The molecule has 166 valence electrons. The van der Waals surface area contributed by atoms with Crippen LogP contribution in [0.15, 0.2) is 53.7 Å². The molecule has 1 fully saturated rings. The Morgan fingerprint density at radius 2 is 1.84 bits per heavy atom. The number of thioether (sulfide) groups is 1. The van der Waals surface area contributed by atoms with E-state index in [1.165, 1.54) is 11.8 Å². The third kappa shape index (κ3) is 4.97. The van der Waals surface area contributed by atoms with Gasteiger partial charge in [-0.1, -0.05) is 41.1 Å². The number of aryl methyl sites for hydroxylation is 1. The van der Waals surface area contributed by atoms with Gasteiger partial charge in [0.2, 0.25) is 5.91 Å². The van der Waals surface area contributed by atoms with Gasteiger partial charge in [-0.2, -0.15) is 0 Å². The van der Waals surface area contributed by atoms with E-state index < -0.39 is 0 Å². The summed E-state index contributed by atoms with van der Waals surface area (Å²) in [5.41, 5.74) is 2.49. The number of hydrogen-bond acceptors (Lipinski definition) is 5. The molecule has 32 heavy (non-hydrogen) atoms. The zero-order valence-corrected chi connectivity index (χ0v) is 19.5. The van der Waals surface area contributed by atoms with E-state index in [1.807, 2.05) is 47.7 Å². The second-order valence-corrected chi connectivity index (χ2v) is 9.15. The topological polar surface area (TPSA) is 80.1 Å². The molecule has 0 bridgehead atoms. The monoisotopic (exact) mass is 469 g/mol. The normalized spacial score (nSPS) is 15.7. The van der Waals surface area contributed by atoms with Crippen LogP contribution in [0.4, 0.5) is 5.69 Å². The minimum absolute atomic E-state index is 0.00652. The van der Waals surface area contributed by atoms with Gasteiger partial charge in [-0.05, 0) is 56.2 Å². The maximum absolute atomic E-state index is 13.1. The second kappa shape index (κ2) is 9.75. The first-order valence-electron chi connectivity index (χ1n) is 10.4. The summed E-state index contributed by atoms with van der Waals surface area (Å²) in [5, 5.41) is 12.7. The fourth-order valence-electron chi connectivity index (χ4n) is 3.74. The number of nitrogens with one attached hydrogen (secondary N) is 1. The van der Waals surface area contributed by atoms with Gasteiger partial charge in [-0.3, -0.25) is 9.59 Å². The molecule has 7 nitrogen and oxygen atoms in total. The van der Waals surface area contributed by atoms with E-state index in [9.17, 15) is 9.59 Å². The maximum Gasteiger partial charge on any atom is 0.254 e. The van der Waals surface area contributed by atoms with Crippen LogP contribution in [0, 0.1) is 6.92 Å². The Labute approximate surface area is 196 Å². The highest BCUT2D eigenvalue weighted by Gasteiger charge is 2.34. The fraction of sp³-hybridized carbons (Fsp3) is 0.304. The third-order valence-corrected chi connectivity index (χ3v) is 6.71. The van der Waals surface area contributed by atoms with Crippen LogP contribution in [0.1, 0.15) is 40.6 Å². The molecule has 1 aromatic heterocycles. The van der Waals surface area contributed by atoms with Gasteiger partial charge in [-0.25, -0.2) is 0 Å². The van der Waals surface area contributed by atoms with Crippen molar-refractivity contribution in [3.05, 3.63) is 70.5 Å². The van der Waals surface area contributed by atoms with Crippen LogP contribution >= 0.6 is 23.4 Å². The summed E-state index contributed by atoms with van der Waals surface area (Å²) in [4.78, 5) is 27.2. The van der Waals surface area contributed by atoms with E-state index >= 15 is 0 Å². The molecule has 9 heteroatoms. The van der Waals surface area contributed by atoms with Crippen LogP contribution in [0.3, 0.4) is 0 Å². The van der Waals surface area contributed by atoms with Crippen molar-refractivity contribution in [1.82, 2.24) is 19.7 Å². The van der Waals surface area contributed by atoms with Gasteiger partial charge in [0.05, 0.1) is 11.8 Å². The average Bonchev–Trinajstić information content (AvgIpc) is 3.40. The number of carbonyl (C=O) groups excluding carboxylic acids is 2. The van der Waals surface area contributed by atoms with Gasteiger partial charge in [0.25, 0.3) is 5.91 Å². The van der Waals surface area contributed by atoms with E-state index in [2.05, 4.69) is 15.5 Å². The Balaban J connectivity index is 1.41. The Kier molecular flexibility index (Phi) is 6.81. The highest BCUT2D eigenvalue weighted by molar-refractivity contribution is 7.99. The van der Waals surface area contributed by atoms with Crippen molar-refractivity contribution in [2.75, 3.05) is 17.6 Å². The molecule has 1 aliphatic rings. The maximum atomic E-state index is 13.1. The number of rotatable bonds is 6. The van der Waals surface area contributed by atoms with Gasteiger partial charge < -0.3 is 14.8 Å². The van der Waals surface area contributed by atoms with Crippen molar-refractivity contribution in [3.63, 3.8) is 0 Å². The second-order valence-electron chi connectivity index (χ2n) is 7.77. The predicted octanol–water partition coefficient (Wildman–Crippen LogP) is 4.49. The number of likely N-dealkylation sites (tertiary alicyclic amines) is 1. The largest absolute Gasteiger partial charge is 0.328 e. The molecular formula is C23H24ClN5O2S. The summed E-state index contributed by atoms with van der Waals surface area (Å²) in [5.74, 6) is 0.806. The molecule has 3 aromatic rings. The van der Waals surface area contributed by atoms with Crippen molar-refractivity contribution in [3.8, 4) is 0 Å². The lowest BCUT2D eigenvalue weighted by Crippen LogP contribution is -2.31. The number of benzene rings is 2. The fourth-order valence-corrected chi connectivity index (χ4v) is 4.59. The molecule has 1 atom stereocenters. The van der Waals surface area contributed by atoms with Crippen molar-refractivity contribution >= 4 is 40.9 Å². The van der Waals surface area contributed by atoms with E-state index in [0.717, 1.165) is 24.2 Å². The molecule has 0 aliphatic carbocycles. The number of amides is 2. The molecule has 0 saturated carbocycles. The molecule has 0 spiro atoms. The first-order chi connectivity index (χ1) is 15.4. The zero-order valence-electron chi connectivity index (χ0n) is 17.9. The lowest BCUT2D eigenvalue weighted by Gasteiger charge is -2.24. The summed E-state index contributed by atoms with van der Waals surface area (Å²) in [6, 6.07) is 14.5. The summed E-state index contributed by atoms with van der Waals surface area (Å²) in [7, 11) is 1.88. The van der Waals surface area contributed by atoms with Crippen LogP contribution in [0.25, 0.3) is 0 Å². The van der Waals surface area contributed by atoms with E-state index in [-0.39, 0.29) is 23.6 Å². The molecule has 4 rings (SSSR count). The van der Waals surface area contributed by atoms with Crippen LogP contribution < -0.4 is 5.32 Å². The molecule has 2 heterocycles.